The van der Waals surface area contributed by atoms with E-state index in [1.165, 1.54) is 12.4 Å². The maximum Gasteiger partial charge on any atom is 0.490 e. The lowest BCUT2D eigenvalue weighted by atomic mass is 9.82. The molecule has 4 aromatic rings. The zero-order valence-corrected chi connectivity index (χ0v) is 32.7. The molecule has 30 heteroatoms. The van der Waals surface area contributed by atoms with Crippen molar-refractivity contribution in [3.63, 3.8) is 0 Å². The van der Waals surface area contributed by atoms with E-state index in [9.17, 15) is 62.3 Å². The molecule has 0 radical (unpaired) electrons. The Bertz CT molecular complexity index is 2250. The van der Waals surface area contributed by atoms with Gasteiger partial charge in [0.1, 0.15) is 29.8 Å². The average Bonchev–Trinajstić information content (AvgIpc) is 3.86. The molecule has 1 saturated carbocycles. The molecule has 2 saturated heterocycles. The Hall–Kier alpha value is -6.38. The van der Waals surface area contributed by atoms with Crippen molar-refractivity contribution in [2.24, 2.45) is 0 Å². The van der Waals surface area contributed by atoms with Crippen LogP contribution in [0.3, 0.4) is 0 Å². The lowest BCUT2D eigenvalue weighted by molar-refractivity contribution is -0.193. The summed E-state index contributed by atoms with van der Waals surface area (Å²) < 4.78 is 157. The van der Waals surface area contributed by atoms with E-state index in [-0.39, 0.29) is 43.4 Å². The Kier molecular flexibility index (Phi) is 15.9. The molecule has 1 aliphatic carbocycles. The van der Waals surface area contributed by atoms with Crippen LogP contribution in [0.25, 0.3) is 22.3 Å². The van der Waals surface area contributed by atoms with E-state index >= 15 is 0 Å². The summed E-state index contributed by atoms with van der Waals surface area (Å²) in [7, 11) is 0. The number of alkyl halides is 13. The topological polar surface area (TPSA) is 237 Å². The predicted octanol–water partition coefficient (Wildman–Crippen LogP) is 6.00. The minimum Gasteiger partial charge on any atom is -0.475 e. The average molecular weight is 953 g/mol. The number of likely N-dealkylation sites (tertiary alicyclic amines) is 2. The van der Waals surface area contributed by atoms with Gasteiger partial charge in [-0.15, -0.1) is 0 Å². The molecule has 3 aliphatic rings. The zero-order chi connectivity index (χ0) is 48.7. The summed E-state index contributed by atoms with van der Waals surface area (Å²) in [5.74, 6) is -9.62. The van der Waals surface area contributed by atoms with Gasteiger partial charge >= 0.3 is 42.6 Å². The quantitative estimate of drug-likeness (QED) is 0.148. The van der Waals surface area contributed by atoms with Gasteiger partial charge in [0.25, 0.3) is 0 Å². The van der Waals surface area contributed by atoms with Gasteiger partial charge < -0.3 is 25.0 Å². The number of aromatic amines is 1. The highest BCUT2D eigenvalue weighted by molar-refractivity contribution is 5.90. The Morgan fingerprint density at radius 3 is 1.91 bits per heavy atom. The highest BCUT2D eigenvalue weighted by Crippen LogP contribution is 2.39. The fourth-order valence-corrected chi connectivity index (χ4v) is 6.56. The molecule has 65 heavy (non-hydrogen) atoms. The number of carboxylic acids is 3. The summed E-state index contributed by atoms with van der Waals surface area (Å²) in [6.07, 6.45) is -10.9. The number of H-pyrrole nitrogens is 1. The molecule has 0 unspecified atom stereocenters. The van der Waals surface area contributed by atoms with Gasteiger partial charge in [0.15, 0.2) is 0 Å². The number of rotatable bonds is 8. The summed E-state index contributed by atoms with van der Waals surface area (Å²) >= 11 is 0. The number of nitriles is 1. The summed E-state index contributed by atoms with van der Waals surface area (Å²) in [4.78, 5) is 49.8. The number of nitrogens with zero attached hydrogens (tertiary/aromatic N) is 9. The van der Waals surface area contributed by atoms with Crippen molar-refractivity contribution in [1.29, 1.82) is 5.26 Å². The fourth-order valence-electron chi connectivity index (χ4n) is 6.56. The second kappa shape index (κ2) is 20.2. The number of aliphatic carboxylic acids is 3. The molecular formula is C35H33F13N10O7. The maximum atomic E-state index is 13.5. The molecule has 17 nitrogen and oxygen atoms in total. The van der Waals surface area contributed by atoms with E-state index in [4.69, 9.17) is 34.4 Å². The standard InChI is InChI=1S/C29H30F4N10O.3C2HF3O2/c30-19-12-41(13-19)14-20-9-24(40-27(39-20)29(31,32)33)44-22-3-1-21(2-4-22)42-15-28(16-42,6-7-34)43-11-18(10-38-43)25-23-5-8-35-26(23)37-17-36-25;3*3-2(4,5)1(6)7/h5,8-11,17,19,21-22H,1-4,6,12-16H2,(H,35,36,37);3*(H,6,7)/t21-,22+;;;. The molecule has 4 N–H and O–H groups in total. The van der Waals surface area contributed by atoms with Crippen LogP contribution in [-0.2, 0) is 32.6 Å². The van der Waals surface area contributed by atoms with Crippen LogP contribution < -0.4 is 4.74 Å². The fraction of sp³-hybridized carbons (Fsp3) is 0.514. The molecule has 6 heterocycles. The van der Waals surface area contributed by atoms with Gasteiger partial charge in [-0.05, 0) is 31.7 Å². The molecule has 3 fully saturated rings. The van der Waals surface area contributed by atoms with Gasteiger partial charge in [0.05, 0.1) is 30.1 Å². The number of halogens is 13. The largest absolute Gasteiger partial charge is 0.490 e. The SMILES string of the molecule is N#CCC1(n2cc(-c3ncnc4[nH]ccc34)cn2)CN([C@H]2CC[C@@H](Oc3cc(CN4CC(F)C4)nc(C(F)(F)F)n3)CC2)C1.O=C(O)C(F)(F)F.O=C(O)C(F)(F)F.O=C(O)C(F)(F)F. The second-order valence-corrected chi connectivity index (χ2v) is 14.4. The monoisotopic (exact) mass is 952 g/mol. The Labute approximate surface area is 355 Å². The minimum absolute atomic E-state index is 0.102. The van der Waals surface area contributed by atoms with Gasteiger partial charge in [-0.2, -0.15) is 68.0 Å². The number of ether oxygens (including phenoxy) is 1. The van der Waals surface area contributed by atoms with Crippen molar-refractivity contribution in [1.82, 2.24) is 44.5 Å². The normalized spacial score (nSPS) is 19.1. The van der Waals surface area contributed by atoms with Gasteiger partial charge in [-0.3, -0.25) is 14.5 Å². The molecule has 0 atom stereocenters. The first-order valence-electron chi connectivity index (χ1n) is 18.4. The molecule has 0 bridgehead atoms. The lowest BCUT2D eigenvalue weighted by Crippen LogP contribution is -2.65. The van der Waals surface area contributed by atoms with Gasteiger partial charge in [0, 0.05) is 68.2 Å². The molecular weight excluding hydrogens is 919 g/mol. The van der Waals surface area contributed by atoms with E-state index in [1.807, 2.05) is 23.1 Å². The van der Waals surface area contributed by atoms with Gasteiger partial charge in [-0.1, -0.05) is 0 Å². The molecule has 2 aliphatic heterocycles. The first kappa shape index (κ1) is 51.3. The van der Waals surface area contributed by atoms with Crippen molar-refractivity contribution >= 4 is 28.9 Å². The molecule has 356 valence electrons. The number of fused-ring (bicyclic) bond motifs is 1. The van der Waals surface area contributed by atoms with E-state index in [2.05, 4.69) is 41.0 Å². The highest BCUT2D eigenvalue weighted by Gasteiger charge is 2.48. The van der Waals surface area contributed by atoms with Crippen molar-refractivity contribution in [2.45, 2.75) is 87.2 Å². The number of carbonyl (C=O) groups is 3. The summed E-state index contributed by atoms with van der Waals surface area (Å²) in [5.41, 5.74) is 2.08. The third kappa shape index (κ3) is 14.1. The van der Waals surface area contributed by atoms with Crippen LogP contribution in [0.4, 0.5) is 57.1 Å². The van der Waals surface area contributed by atoms with Crippen LogP contribution in [0.1, 0.15) is 43.6 Å². The van der Waals surface area contributed by atoms with Crippen LogP contribution in [0.5, 0.6) is 5.88 Å². The third-order valence-electron chi connectivity index (χ3n) is 9.58. The van der Waals surface area contributed by atoms with Crippen molar-refractivity contribution in [2.75, 3.05) is 26.2 Å². The Morgan fingerprint density at radius 2 is 1.42 bits per heavy atom. The maximum absolute atomic E-state index is 13.5. The first-order chi connectivity index (χ1) is 30.0. The minimum atomic E-state index is -5.08. The lowest BCUT2D eigenvalue weighted by Gasteiger charge is -2.53. The number of hydrogen-bond donors (Lipinski definition) is 4. The summed E-state index contributed by atoms with van der Waals surface area (Å²) in [6.45, 7) is 1.81. The summed E-state index contributed by atoms with van der Waals surface area (Å²) in [6, 6.07) is 5.95. The van der Waals surface area contributed by atoms with E-state index in [0.717, 1.165) is 35.1 Å². The molecule has 0 spiro atoms. The second-order valence-electron chi connectivity index (χ2n) is 14.4. The number of carboxylic acid groups (broad SMARTS) is 3. The van der Waals surface area contributed by atoms with Crippen LogP contribution in [0.2, 0.25) is 0 Å². The molecule has 0 aromatic carbocycles. The van der Waals surface area contributed by atoms with Crippen molar-refractivity contribution in [3.8, 4) is 23.2 Å². The van der Waals surface area contributed by atoms with Crippen LogP contribution >= 0.6 is 0 Å². The van der Waals surface area contributed by atoms with E-state index < -0.39 is 60.1 Å². The highest BCUT2D eigenvalue weighted by atomic mass is 19.4. The van der Waals surface area contributed by atoms with E-state index in [1.54, 1.807) is 11.1 Å². The molecule has 4 aromatic heterocycles. The van der Waals surface area contributed by atoms with Crippen molar-refractivity contribution in [3.05, 3.63) is 48.6 Å². The van der Waals surface area contributed by atoms with Crippen LogP contribution in [0, 0.1) is 11.3 Å². The number of hydrogen-bond acceptors (Lipinski definition) is 12. The number of nitrogens with one attached hydrogen (secondary N) is 1. The van der Waals surface area contributed by atoms with Crippen LogP contribution in [-0.4, -0.2) is 141 Å². The summed E-state index contributed by atoms with van der Waals surface area (Å²) in [5, 5.41) is 36.6. The Morgan fingerprint density at radius 1 is 0.862 bits per heavy atom. The van der Waals surface area contributed by atoms with Gasteiger partial charge in [0.2, 0.25) is 11.7 Å². The van der Waals surface area contributed by atoms with E-state index in [0.29, 0.717) is 32.4 Å². The zero-order valence-electron chi connectivity index (χ0n) is 32.7. The molecule has 0 amide bonds. The predicted molar refractivity (Wildman–Crippen MR) is 190 cm³/mol. The first-order valence-corrected chi connectivity index (χ1v) is 18.4. The van der Waals surface area contributed by atoms with Crippen molar-refractivity contribution < 1.29 is 91.5 Å². The Balaban J connectivity index is 0.000000366. The smallest absolute Gasteiger partial charge is 0.475 e. The van der Waals surface area contributed by atoms with Crippen LogP contribution in [0.15, 0.2) is 37.1 Å². The third-order valence-corrected chi connectivity index (χ3v) is 9.58. The van der Waals surface area contributed by atoms with Gasteiger partial charge in [-0.25, -0.2) is 33.7 Å². The number of aromatic nitrogens is 7. The molecule has 7 rings (SSSR count).